The lowest BCUT2D eigenvalue weighted by molar-refractivity contribution is -0.385. The molecule has 0 atom stereocenters. The van der Waals surface area contributed by atoms with E-state index in [1.807, 2.05) is 38.1 Å². The van der Waals surface area contributed by atoms with Crippen molar-refractivity contribution in [1.29, 1.82) is 0 Å². The standard InChI is InChI=1S/C33H28BrN5O7/c1-21-8-9-22(2)38(21)25-10-12-26(13-11-25)44-19-27-14-15-30(46-27)33(41)37-35-18-23-16-28(34)32(29(17-23)39(42)43)45-20-31(40)36-24-6-4-3-5-7-24/h3-18H,19-20H2,1-2H3,(H,36,40)(H,37,41)/b35-18+. The van der Waals surface area contributed by atoms with E-state index in [0.717, 1.165) is 17.1 Å². The lowest BCUT2D eigenvalue weighted by Gasteiger charge is -2.10. The molecule has 2 amide bonds. The van der Waals surface area contributed by atoms with E-state index in [1.165, 1.54) is 24.4 Å². The van der Waals surface area contributed by atoms with Gasteiger partial charge in [0.2, 0.25) is 5.75 Å². The lowest BCUT2D eigenvalue weighted by atomic mass is 10.2. The fourth-order valence-corrected chi connectivity index (χ4v) is 5.11. The van der Waals surface area contributed by atoms with E-state index in [-0.39, 0.29) is 22.6 Å². The first-order chi connectivity index (χ1) is 22.2. The van der Waals surface area contributed by atoms with Crippen LogP contribution in [-0.2, 0) is 11.4 Å². The molecule has 0 saturated carbocycles. The van der Waals surface area contributed by atoms with Crippen LogP contribution in [0.5, 0.6) is 11.5 Å². The van der Waals surface area contributed by atoms with Crippen molar-refractivity contribution in [3.8, 4) is 17.2 Å². The highest BCUT2D eigenvalue weighted by atomic mass is 79.9. The maximum Gasteiger partial charge on any atom is 0.312 e. The fraction of sp³-hybridized carbons (Fsp3) is 0.121. The van der Waals surface area contributed by atoms with Crippen LogP contribution in [0.15, 0.2) is 105 Å². The van der Waals surface area contributed by atoms with Gasteiger partial charge in [-0.3, -0.25) is 19.7 Å². The van der Waals surface area contributed by atoms with Crippen molar-refractivity contribution < 1.29 is 28.4 Å². The number of amides is 2. The molecule has 2 heterocycles. The highest BCUT2D eigenvalue weighted by Crippen LogP contribution is 2.36. The van der Waals surface area contributed by atoms with Crippen LogP contribution >= 0.6 is 15.9 Å². The maximum atomic E-state index is 12.6. The number of para-hydroxylation sites is 1. The Balaban J connectivity index is 1.14. The second-order valence-corrected chi connectivity index (χ2v) is 10.9. The molecule has 234 valence electrons. The average molecular weight is 687 g/mol. The molecule has 5 rings (SSSR count). The van der Waals surface area contributed by atoms with Crippen molar-refractivity contribution in [1.82, 2.24) is 9.99 Å². The smallest absolute Gasteiger partial charge is 0.312 e. The van der Waals surface area contributed by atoms with E-state index in [4.69, 9.17) is 13.9 Å². The van der Waals surface area contributed by atoms with Gasteiger partial charge in [-0.05, 0) is 96.5 Å². The molecule has 0 aliphatic carbocycles. The number of anilines is 1. The molecule has 5 aromatic rings. The zero-order valence-electron chi connectivity index (χ0n) is 24.7. The zero-order valence-corrected chi connectivity index (χ0v) is 26.3. The van der Waals surface area contributed by atoms with Gasteiger partial charge in [-0.25, -0.2) is 5.43 Å². The number of hydrazone groups is 1. The first-order valence-electron chi connectivity index (χ1n) is 13.9. The quantitative estimate of drug-likeness (QED) is 0.0841. The second-order valence-electron chi connectivity index (χ2n) is 10.0. The number of nitrogens with zero attached hydrogens (tertiary/aromatic N) is 3. The molecule has 0 unspecified atom stereocenters. The third-order valence-electron chi connectivity index (χ3n) is 6.66. The number of furan rings is 1. The van der Waals surface area contributed by atoms with Gasteiger partial charge in [0.1, 0.15) is 18.1 Å². The number of hydrogen-bond acceptors (Lipinski definition) is 8. The molecule has 2 aromatic heterocycles. The predicted molar refractivity (Wildman–Crippen MR) is 175 cm³/mol. The minimum Gasteiger partial charge on any atom is -0.486 e. The van der Waals surface area contributed by atoms with Crippen molar-refractivity contribution in [2.45, 2.75) is 20.5 Å². The molecule has 3 aromatic carbocycles. The van der Waals surface area contributed by atoms with Gasteiger partial charge in [-0.15, -0.1) is 0 Å². The number of carbonyl (C=O) groups excluding carboxylic acids is 2. The molecule has 0 fully saturated rings. The van der Waals surface area contributed by atoms with Gasteiger partial charge >= 0.3 is 11.6 Å². The molecule has 46 heavy (non-hydrogen) atoms. The Morgan fingerprint density at radius 2 is 1.70 bits per heavy atom. The molecular formula is C33H28BrN5O7. The maximum absolute atomic E-state index is 12.6. The SMILES string of the molecule is Cc1ccc(C)n1-c1ccc(OCc2ccc(C(=O)N/N=C/c3cc(Br)c(OCC(=O)Nc4ccccc4)c([N+](=O)[O-])c3)o2)cc1. The molecule has 13 heteroatoms. The number of nitro benzene ring substituents is 1. The molecular weight excluding hydrogens is 658 g/mol. The van der Waals surface area contributed by atoms with Crippen LogP contribution in [0, 0.1) is 24.0 Å². The Kier molecular flexibility index (Phi) is 9.93. The highest BCUT2D eigenvalue weighted by Gasteiger charge is 2.21. The van der Waals surface area contributed by atoms with Crippen LogP contribution in [0.3, 0.4) is 0 Å². The Morgan fingerprint density at radius 3 is 2.39 bits per heavy atom. The second kappa shape index (κ2) is 14.4. The number of halogens is 1. The van der Waals surface area contributed by atoms with E-state index in [0.29, 0.717) is 22.8 Å². The molecule has 0 bridgehead atoms. The van der Waals surface area contributed by atoms with Crippen molar-refractivity contribution in [2.75, 3.05) is 11.9 Å². The molecule has 12 nitrogen and oxygen atoms in total. The summed E-state index contributed by atoms with van der Waals surface area (Å²) in [4.78, 5) is 35.9. The molecule has 0 radical (unpaired) electrons. The normalized spacial score (nSPS) is 10.9. The van der Waals surface area contributed by atoms with Gasteiger partial charge < -0.3 is 23.8 Å². The van der Waals surface area contributed by atoms with E-state index < -0.39 is 29.0 Å². The Labute approximate surface area is 271 Å². The van der Waals surface area contributed by atoms with E-state index in [1.54, 1.807) is 36.4 Å². The number of aryl methyl sites for hydroxylation is 2. The van der Waals surface area contributed by atoms with Gasteiger partial charge in [-0.2, -0.15) is 5.10 Å². The van der Waals surface area contributed by atoms with Gasteiger partial charge in [0.25, 0.3) is 5.91 Å². The topological polar surface area (TPSA) is 150 Å². The number of nitro groups is 1. The minimum atomic E-state index is -0.643. The summed E-state index contributed by atoms with van der Waals surface area (Å²) in [5.74, 6) is -0.146. The van der Waals surface area contributed by atoms with Crippen LogP contribution in [0.2, 0.25) is 0 Å². The van der Waals surface area contributed by atoms with Gasteiger partial charge in [0, 0.05) is 34.4 Å². The molecule has 0 aliphatic rings. The van der Waals surface area contributed by atoms with E-state index in [2.05, 4.69) is 48.5 Å². The molecule has 0 saturated heterocycles. The molecule has 2 N–H and O–H groups in total. The van der Waals surface area contributed by atoms with Gasteiger partial charge in [0.15, 0.2) is 12.4 Å². The fourth-order valence-electron chi connectivity index (χ4n) is 4.53. The minimum absolute atomic E-state index is 0.00865. The molecule has 0 aliphatic heterocycles. The van der Waals surface area contributed by atoms with Crippen molar-refractivity contribution in [3.05, 3.63) is 134 Å². The summed E-state index contributed by atoms with van der Waals surface area (Å²) < 4.78 is 19.2. The van der Waals surface area contributed by atoms with Gasteiger partial charge in [-0.1, -0.05) is 18.2 Å². The Hall–Kier alpha value is -5.69. The van der Waals surface area contributed by atoms with E-state index in [9.17, 15) is 19.7 Å². The summed E-state index contributed by atoms with van der Waals surface area (Å²) in [5, 5.41) is 18.3. The van der Waals surface area contributed by atoms with Crippen LogP contribution in [0.4, 0.5) is 11.4 Å². The summed E-state index contributed by atoms with van der Waals surface area (Å²) >= 11 is 3.26. The van der Waals surface area contributed by atoms with Crippen LogP contribution in [-0.4, -0.2) is 34.1 Å². The van der Waals surface area contributed by atoms with Crippen molar-refractivity contribution >= 4 is 45.3 Å². The number of rotatable bonds is 12. The molecule has 0 spiro atoms. The Morgan fingerprint density at radius 1 is 0.978 bits per heavy atom. The summed E-state index contributed by atoms with van der Waals surface area (Å²) in [6, 6.07) is 26.3. The highest BCUT2D eigenvalue weighted by molar-refractivity contribution is 9.10. The first kappa shape index (κ1) is 31.7. The average Bonchev–Trinajstić information content (AvgIpc) is 3.66. The predicted octanol–water partition coefficient (Wildman–Crippen LogP) is 6.72. The summed E-state index contributed by atoms with van der Waals surface area (Å²) in [6.07, 6.45) is 1.23. The number of hydrogen-bond donors (Lipinski definition) is 2. The third kappa shape index (κ3) is 7.87. The summed E-state index contributed by atoms with van der Waals surface area (Å²) in [7, 11) is 0. The van der Waals surface area contributed by atoms with Gasteiger partial charge in [0.05, 0.1) is 15.6 Å². The summed E-state index contributed by atoms with van der Waals surface area (Å²) in [5.41, 5.74) is 6.10. The number of ether oxygens (including phenoxy) is 2. The first-order valence-corrected chi connectivity index (χ1v) is 14.7. The van der Waals surface area contributed by atoms with Crippen molar-refractivity contribution in [3.63, 3.8) is 0 Å². The van der Waals surface area contributed by atoms with Crippen LogP contribution < -0.4 is 20.2 Å². The largest absolute Gasteiger partial charge is 0.486 e. The Bertz CT molecular complexity index is 1880. The van der Waals surface area contributed by atoms with Crippen LogP contribution in [0.25, 0.3) is 5.69 Å². The lowest BCUT2D eigenvalue weighted by Crippen LogP contribution is -2.20. The summed E-state index contributed by atoms with van der Waals surface area (Å²) in [6.45, 7) is 3.75. The number of benzene rings is 3. The van der Waals surface area contributed by atoms with E-state index >= 15 is 0 Å². The monoisotopic (exact) mass is 685 g/mol. The number of aromatic nitrogens is 1. The zero-order chi connectivity index (χ0) is 32.6. The van der Waals surface area contributed by atoms with Crippen LogP contribution in [0.1, 0.15) is 33.3 Å². The number of carbonyl (C=O) groups is 2. The third-order valence-corrected chi connectivity index (χ3v) is 7.25. The van der Waals surface area contributed by atoms with Crippen molar-refractivity contribution in [2.24, 2.45) is 5.10 Å². The number of nitrogens with one attached hydrogen (secondary N) is 2.